The van der Waals surface area contributed by atoms with Gasteiger partial charge < -0.3 is 19.7 Å². The summed E-state index contributed by atoms with van der Waals surface area (Å²) in [6.07, 6.45) is 9.23. The van der Waals surface area contributed by atoms with E-state index in [1.807, 2.05) is 49.6 Å². The predicted octanol–water partition coefficient (Wildman–Crippen LogP) is 2.53. The Balaban J connectivity index is 1.18. The maximum atomic E-state index is 13.3. The third kappa shape index (κ3) is 6.04. The Morgan fingerprint density at radius 3 is 2.75 bits per heavy atom. The van der Waals surface area contributed by atoms with Gasteiger partial charge >= 0.3 is 0 Å². The molecular weight excluding hydrogens is 508 g/mol. The molecule has 11 nitrogen and oxygen atoms in total. The number of anilines is 1. The summed E-state index contributed by atoms with van der Waals surface area (Å²) in [4.78, 5) is 35.7. The number of carbonyl (C=O) groups is 1. The molecule has 2 aliphatic rings. The van der Waals surface area contributed by atoms with Crippen LogP contribution in [0, 0.1) is 6.92 Å². The first kappa shape index (κ1) is 25.8. The van der Waals surface area contributed by atoms with Gasteiger partial charge in [0.25, 0.3) is 0 Å². The average molecular weight is 541 g/mol. The van der Waals surface area contributed by atoms with Gasteiger partial charge in [0.15, 0.2) is 11.5 Å². The molecule has 0 spiro atoms. The van der Waals surface area contributed by atoms with Crippen LogP contribution in [0.4, 0.5) is 5.82 Å². The molecule has 1 fully saturated rings. The van der Waals surface area contributed by atoms with Gasteiger partial charge in [0.05, 0.1) is 6.04 Å². The van der Waals surface area contributed by atoms with Crippen LogP contribution in [-0.2, 0) is 17.9 Å². The average Bonchev–Trinajstić information content (AvgIpc) is 3.52. The first-order valence-corrected chi connectivity index (χ1v) is 13.5. The van der Waals surface area contributed by atoms with Crippen molar-refractivity contribution >= 4 is 11.7 Å². The number of hydrogen-bond acceptors (Lipinski definition) is 9. The van der Waals surface area contributed by atoms with Crippen molar-refractivity contribution in [3.8, 4) is 17.4 Å². The first-order chi connectivity index (χ1) is 19.6. The van der Waals surface area contributed by atoms with Crippen molar-refractivity contribution in [3.05, 3.63) is 84.3 Å². The van der Waals surface area contributed by atoms with Gasteiger partial charge in [-0.15, -0.1) is 0 Å². The fourth-order valence-corrected chi connectivity index (χ4v) is 5.15. The van der Waals surface area contributed by atoms with Crippen molar-refractivity contribution in [2.45, 2.75) is 32.5 Å². The minimum absolute atomic E-state index is 0.0197. The van der Waals surface area contributed by atoms with E-state index in [0.717, 1.165) is 60.3 Å². The molecule has 1 unspecified atom stereocenters. The number of aryl methyl sites for hydroxylation is 1. The van der Waals surface area contributed by atoms with E-state index in [0.29, 0.717) is 32.1 Å². The van der Waals surface area contributed by atoms with Crippen LogP contribution in [0.1, 0.15) is 23.2 Å². The SMILES string of the molecule is Cc1cc(N2CCN(Cc3cccnc3)CC2CC(=O)NCc2ccc3c(c2)OCCO3)nc(-n2ccnc2)n1. The van der Waals surface area contributed by atoms with Crippen molar-refractivity contribution in [1.82, 2.24) is 34.7 Å². The highest BCUT2D eigenvalue weighted by molar-refractivity contribution is 5.77. The molecule has 4 aromatic rings. The van der Waals surface area contributed by atoms with Crippen molar-refractivity contribution in [1.29, 1.82) is 0 Å². The Labute approximate surface area is 232 Å². The number of piperazine rings is 1. The van der Waals surface area contributed by atoms with Crippen molar-refractivity contribution in [3.63, 3.8) is 0 Å². The molecule has 206 valence electrons. The molecule has 0 aliphatic carbocycles. The normalized spacial score (nSPS) is 17.0. The number of aromatic nitrogens is 5. The lowest BCUT2D eigenvalue weighted by Crippen LogP contribution is -2.54. The second-order valence-corrected chi connectivity index (χ2v) is 10.0. The van der Waals surface area contributed by atoms with Gasteiger partial charge in [0, 0.05) is 75.7 Å². The maximum absolute atomic E-state index is 13.3. The molecule has 6 rings (SSSR count). The van der Waals surface area contributed by atoms with E-state index in [1.165, 1.54) is 0 Å². The molecule has 2 aliphatic heterocycles. The number of fused-ring (bicyclic) bond motifs is 1. The summed E-state index contributed by atoms with van der Waals surface area (Å²) in [5.74, 6) is 2.81. The van der Waals surface area contributed by atoms with Crippen LogP contribution in [0.2, 0.25) is 0 Å². The number of carbonyl (C=O) groups excluding carboxylic acids is 1. The van der Waals surface area contributed by atoms with E-state index in [4.69, 9.17) is 14.5 Å². The van der Waals surface area contributed by atoms with Gasteiger partial charge in [0.2, 0.25) is 11.9 Å². The molecule has 3 aromatic heterocycles. The summed E-state index contributed by atoms with van der Waals surface area (Å²) >= 11 is 0. The number of rotatable bonds is 8. The molecule has 40 heavy (non-hydrogen) atoms. The number of nitrogens with zero attached hydrogens (tertiary/aromatic N) is 7. The number of benzene rings is 1. The summed E-state index contributed by atoms with van der Waals surface area (Å²) in [5, 5.41) is 3.10. The maximum Gasteiger partial charge on any atom is 0.237 e. The molecule has 5 heterocycles. The highest BCUT2D eigenvalue weighted by Crippen LogP contribution is 2.30. The van der Waals surface area contributed by atoms with Gasteiger partial charge in [-0.05, 0) is 36.2 Å². The largest absolute Gasteiger partial charge is 0.486 e. The molecule has 1 aromatic carbocycles. The van der Waals surface area contributed by atoms with Crippen molar-refractivity contribution in [2.75, 3.05) is 37.7 Å². The Morgan fingerprint density at radius 2 is 1.93 bits per heavy atom. The van der Waals surface area contributed by atoms with E-state index >= 15 is 0 Å². The van der Waals surface area contributed by atoms with Gasteiger partial charge in [-0.3, -0.25) is 19.2 Å². The number of imidazole rings is 1. The molecule has 0 bridgehead atoms. The smallest absolute Gasteiger partial charge is 0.237 e. The fraction of sp³-hybridized carbons (Fsp3) is 0.345. The minimum Gasteiger partial charge on any atom is -0.486 e. The number of amides is 1. The Kier molecular flexibility index (Phi) is 7.53. The van der Waals surface area contributed by atoms with E-state index in [1.54, 1.807) is 23.3 Å². The molecule has 1 amide bonds. The second-order valence-electron chi connectivity index (χ2n) is 10.0. The van der Waals surface area contributed by atoms with Crippen LogP contribution < -0.4 is 19.7 Å². The van der Waals surface area contributed by atoms with Gasteiger partial charge in [-0.2, -0.15) is 4.98 Å². The summed E-state index contributed by atoms with van der Waals surface area (Å²) in [5.41, 5.74) is 2.97. The molecule has 1 N–H and O–H groups in total. The molecule has 11 heteroatoms. The topological polar surface area (TPSA) is 111 Å². The van der Waals surface area contributed by atoms with Gasteiger partial charge in [-0.1, -0.05) is 12.1 Å². The Hall–Kier alpha value is -4.51. The second kappa shape index (κ2) is 11.7. The lowest BCUT2D eigenvalue weighted by atomic mass is 10.1. The lowest BCUT2D eigenvalue weighted by Gasteiger charge is -2.42. The van der Waals surface area contributed by atoms with Crippen LogP contribution in [0.25, 0.3) is 5.95 Å². The number of pyridine rings is 1. The van der Waals surface area contributed by atoms with E-state index in [-0.39, 0.29) is 11.9 Å². The number of ether oxygens (including phenoxy) is 2. The van der Waals surface area contributed by atoms with Crippen LogP contribution >= 0.6 is 0 Å². The Bertz CT molecular complexity index is 1450. The van der Waals surface area contributed by atoms with E-state index < -0.39 is 0 Å². The van der Waals surface area contributed by atoms with Crippen LogP contribution in [0.15, 0.2) is 67.5 Å². The third-order valence-electron chi connectivity index (χ3n) is 7.07. The summed E-state index contributed by atoms with van der Waals surface area (Å²) < 4.78 is 13.1. The molecule has 1 atom stereocenters. The Morgan fingerprint density at radius 1 is 1.02 bits per heavy atom. The van der Waals surface area contributed by atoms with E-state index in [9.17, 15) is 4.79 Å². The molecule has 1 saturated heterocycles. The van der Waals surface area contributed by atoms with Gasteiger partial charge in [0.1, 0.15) is 25.4 Å². The number of nitrogens with one attached hydrogen (secondary N) is 1. The van der Waals surface area contributed by atoms with Gasteiger partial charge in [-0.25, -0.2) is 9.97 Å². The van der Waals surface area contributed by atoms with Crippen LogP contribution in [0.3, 0.4) is 0 Å². The zero-order valence-electron chi connectivity index (χ0n) is 22.4. The lowest BCUT2D eigenvalue weighted by molar-refractivity contribution is -0.121. The zero-order chi connectivity index (χ0) is 27.3. The van der Waals surface area contributed by atoms with Crippen LogP contribution in [0.5, 0.6) is 11.5 Å². The van der Waals surface area contributed by atoms with Crippen molar-refractivity contribution in [2.24, 2.45) is 0 Å². The minimum atomic E-state index is -0.0735. The highest BCUT2D eigenvalue weighted by Gasteiger charge is 2.30. The first-order valence-electron chi connectivity index (χ1n) is 13.5. The summed E-state index contributed by atoms with van der Waals surface area (Å²) in [6.45, 7) is 6.53. The van der Waals surface area contributed by atoms with E-state index in [2.05, 4.69) is 36.1 Å². The summed E-state index contributed by atoms with van der Waals surface area (Å²) in [6, 6.07) is 11.7. The predicted molar refractivity (Wildman–Crippen MR) is 148 cm³/mol. The molecule has 0 radical (unpaired) electrons. The number of hydrogen-bond donors (Lipinski definition) is 1. The molecule has 0 saturated carbocycles. The zero-order valence-corrected chi connectivity index (χ0v) is 22.4. The van der Waals surface area contributed by atoms with Crippen molar-refractivity contribution < 1.29 is 14.3 Å². The fourth-order valence-electron chi connectivity index (χ4n) is 5.15. The summed E-state index contributed by atoms with van der Waals surface area (Å²) in [7, 11) is 0. The molecular formula is C29H32N8O3. The monoisotopic (exact) mass is 540 g/mol. The quantitative estimate of drug-likeness (QED) is 0.360. The third-order valence-corrected chi connectivity index (χ3v) is 7.07. The standard InChI is InChI=1S/C29H32N8O3/c1-21-13-27(34-29(33-21)36-8-7-31-20-36)37-10-9-35(18-23-3-2-6-30-16-23)19-24(37)15-28(38)32-17-22-4-5-25-26(14-22)40-12-11-39-25/h2-8,13-14,16,20,24H,9-12,15,17-19H2,1H3,(H,32,38). The van der Waals surface area contributed by atoms with Crippen LogP contribution in [-0.4, -0.2) is 74.2 Å². The highest BCUT2D eigenvalue weighted by atomic mass is 16.6.